The van der Waals surface area contributed by atoms with Gasteiger partial charge in [-0.2, -0.15) is 0 Å². The van der Waals surface area contributed by atoms with Gasteiger partial charge in [0, 0.05) is 6.54 Å². The number of carbonyl (C=O) groups is 1. The summed E-state index contributed by atoms with van der Waals surface area (Å²) in [4.78, 5) is 12.4. The molecule has 3 nitrogen and oxygen atoms in total. The Labute approximate surface area is 119 Å². The van der Waals surface area contributed by atoms with E-state index in [0.717, 1.165) is 30.8 Å². The van der Waals surface area contributed by atoms with Gasteiger partial charge in [0.15, 0.2) is 0 Å². The monoisotopic (exact) mass is 269 g/mol. The molecule has 0 radical (unpaired) electrons. The second-order valence-electron chi connectivity index (χ2n) is 4.74. The minimum absolute atomic E-state index is 0.481. The Morgan fingerprint density at radius 2 is 1.65 bits per heavy atom. The molecule has 0 unspecified atom stereocenters. The van der Waals surface area contributed by atoms with Crippen LogP contribution in [0.5, 0.6) is 11.5 Å². The van der Waals surface area contributed by atoms with Crippen molar-refractivity contribution < 1.29 is 9.53 Å². The number of hydrogen-bond donors (Lipinski definition) is 0. The summed E-state index contributed by atoms with van der Waals surface area (Å²) >= 11 is 0. The van der Waals surface area contributed by atoms with Crippen LogP contribution in [0.1, 0.15) is 5.56 Å². The molecule has 0 saturated carbocycles. The number of para-hydroxylation sites is 1. The van der Waals surface area contributed by atoms with Crippen molar-refractivity contribution in [2.45, 2.75) is 6.42 Å². The van der Waals surface area contributed by atoms with E-state index in [4.69, 9.17) is 4.74 Å². The highest BCUT2D eigenvalue weighted by Gasteiger charge is 2.00. The highest BCUT2D eigenvalue weighted by molar-refractivity contribution is 5.51. The summed E-state index contributed by atoms with van der Waals surface area (Å²) in [5.74, 6) is 1.67. The first kappa shape index (κ1) is 14.3. The summed E-state index contributed by atoms with van der Waals surface area (Å²) in [5.41, 5.74) is 1.24. The molecule has 0 heterocycles. The Morgan fingerprint density at radius 1 is 1.00 bits per heavy atom. The van der Waals surface area contributed by atoms with Gasteiger partial charge in [0.2, 0.25) is 0 Å². The van der Waals surface area contributed by atoms with Gasteiger partial charge in [-0.25, -0.2) is 0 Å². The summed E-state index contributed by atoms with van der Waals surface area (Å²) < 4.78 is 5.74. The maximum atomic E-state index is 10.4. The van der Waals surface area contributed by atoms with Crippen LogP contribution in [0.15, 0.2) is 54.6 Å². The standard InChI is InChI=1S/C17H19NO2/c1-18(13-14-19)12-11-15-7-9-17(10-8-15)20-16-5-3-2-4-6-16/h2-10,14H,11-13H2,1H3. The van der Waals surface area contributed by atoms with Gasteiger partial charge in [-0.1, -0.05) is 30.3 Å². The van der Waals surface area contributed by atoms with E-state index in [1.54, 1.807) is 0 Å². The minimum Gasteiger partial charge on any atom is -0.457 e. The molecule has 2 aromatic carbocycles. The van der Waals surface area contributed by atoms with Gasteiger partial charge in [0.1, 0.15) is 17.8 Å². The molecule has 0 amide bonds. The van der Waals surface area contributed by atoms with Crippen molar-refractivity contribution in [2.24, 2.45) is 0 Å². The lowest BCUT2D eigenvalue weighted by Gasteiger charge is -2.13. The topological polar surface area (TPSA) is 29.5 Å². The highest BCUT2D eigenvalue weighted by atomic mass is 16.5. The van der Waals surface area contributed by atoms with E-state index in [0.29, 0.717) is 6.54 Å². The zero-order valence-corrected chi connectivity index (χ0v) is 11.7. The molecule has 0 aliphatic heterocycles. The van der Waals surface area contributed by atoms with E-state index >= 15 is 0 Å². The quantitative estimate of drug-likeness (QED) is 0.723. The van der Waals surface area contributed by atoms with Crippen molar-refractivity contribution in [1.29, 1.82) is 0 Å². The third-order valence-electron chi connectivity index (χ3n) is 3.07. The molecule has 0 bridgehead atoms. The van der Waals surface area contributed by atoms with Crippen LogP contribution in [0, 0.1) is 0 Å². The number of benzene rings is 2. The molecule has 3 heteroatoms. The maximum absolute atomic E-state index is 10.4. The summed E-state index contributed by atoms with van der Waals surface area (Å²) in [6.45, 7) is 1.35. The molecule has 104 valence electrons. The first-order valence-corrected chi connectivity index (χ1v) is 6.72. The van der Waals surface area contributed by atoms with Crippen LogP contribution in [-0.2, 0) is 11.2 Å². The molecular formula is C17H19NO2. The van der Waals surface area contributed by atoms with Gasteiger partial charge in [-0.15, -0.1) is 0 Å². The van der Waals surface area contributed by atoms with E-state index in [1.165, 1.54) is 5.56 Å². The fourth-order valence-electron chi connectivity index (χ4n) is 1.89. The lowest BCUT2D eigenvalue weighted by Crippen LogP contribution is -2.23. The first-order valence-electron chi connectivity index (χ1n) is 6.72. The predicted molar refractivity (Wildman–Crippen MR) is 80.2 cm³/mol. The van der Waals surface area contributed by atoms with Crippen LogP contribution < -0.4 is 4.74 Å². The summed E-state index contributed by atoms with van der Waals surface area (Å²) in [6.07, 6.45) is 1.85. The molecule has 0 N–H and O–H groups in total. The first-order chi connectivity index (χ1) is 9.78. The Bertz CT molecular complexity index is 522. The number of ether oxygens (including phenoxy) is 1. The van der Waals surface area contributed by atoms with Crippen LogP contribution in [0.25, 0.3) is 0 Å². The van der Waals surface area contributed by atoms with Crippen LogP contribution in [0.2, 0.25) is 0 Å². The Morgan fingerprint density at radius 3 is 2.30 bits per heavy atom. The van der Waals surface area contributed by atoms with E-state index in [9.17, 15) is 4.79 Å². The number of hydrogen-bond acceptors (Lipinski definition) is 3. The average molecular weight is 269 g/mol. The molecule has 20 heavy (non-hydrogen) atoms. The number of carbonyl (C=O) groups excluding carboxylic acids is 1. The van der Waals surface area contributed by atoms with Crippen LogP contribution >= 0.6 is 0 Å². The predicted octanol–water partition coefficient (Wildman–Crippen LogP) is 3.15. The highest BCUT2D eigenvalue weighted by Crippen LogP contribution is 2.21. The molecule has 0 atom stereocenters. The molecular weight excluding hydrogens is 250 g/mol. The fourth-order valence-corrected chi connectivity index (χ4v) is 1.89. The average Bonchev–Trinajstić information content (AvgIpc) is 2.48. The Kier molecular flexibility index (Phi) is 5.33. The number of likely N-dealkylation sites (N-methyl/N-ethyl adjacent to an activating group) is 1. The Hall–Kier alpha value is -2.13. The molecule has 2 aromatic rings. The third-order valence-corrected chi connectivity index (χ3v) is 3.07. The van der Waals surface area contributed by atoms with Gasteiger partial charge in [0.25, 0.3) is 0 Å². The SMILES string of the molecule is CN(CC=O)CCc1ccc(Oc2ccccc2)cc1. The molecule has 0 fully saturated rings. The zero-order valence-electron chi connectivity index (χ0n) is 11.7. The molecule has 2 rings (SSSR count). The maximum Gasteiger partial charge on any atom is 0.133 e. The van der Waals surface area contributed by atoms with Gasteiger partial charge < -0.3 is 9.53 Å². The van der Waals surface area contributed by atoms with Crippen molar-refractivity contribution >= 4 is 6.29 Å². The summed E-state index contributed by atoms with van der Waals surface area (Å²) in [6, 6.07) is 17.8. The van der Waals surface area contributed by atoms with Crippen molar-refractivity contribution in [1.82, 2.24) is 4.90 Å². The van der Waals surface area contributed by atoms with Gasteiger partial charge >= 0.3 is 0 Å². The van der Waals surface area contributed by atoms with Crippen molar-refractivity contribution in [3.63, 3.8) is 0 Å². The second-order valence-corrected chi connectivity index (χ2v) is 4.74. The summed E-state index contributed by atoms with van der Waals surface area (Å²) in [5, 5.41) is 0. The van der Waals surface area contributed by atoms with E-state index < -0.39 is 0 Å². The third kappa shape index (κ3) is 4.52. The largest absolute Gasteiger partial charge is 0.457 e. The van der Waals surface area contributed by atoms with E-state index in [-0.39, 0.29) is 0 Å². The zero-order chi connectivity index (χ0) is 14.2. The van der Waals surface area contributed by atoms with Crippen LogP contribution in [0.4, 0.5) is 0 Å². The molecule has 0 aromatic heterocycles. The van der Waals surface area contributed by atoms with E-state index in [1.807, 2.05) is 54.4 Å². The normalized spacial score (nSPS) is 10.5. The molecule has 0 aliphatic carbocycles. The number of nitrogens with zero attached hydrogens (tertiary/aromatic N) is 1. The van der Waals surface area contributed by atoms with E-state index in [2.05, 4.69) is 12.1 Å². The summed E-state index contributed by atoms with van der Waals surface area (Å²) in [7, 11) is 1.95. The molecule has 0 aliphatic rings. The lowest BCUT2D eigenvalue weighted by molar-refractivity contribution is -0.108. The van der Waals surface area contributed by atoms with Gasteiger partial charge in [0.05, 0.1) is 6.54 Å². The van der Waals surface area contributed by atoms with Crippen molar-refractivity contribution in [3.05, 3.63) is 60.2 Å². The van der Waals surface area contributed by atoms with Crippen LogP contribution in [0.3, 0.4) is 0 Å². The van der Waals surface area contributed by atoms with Crippen LogP contribution in [-0.4, -0.2) is 31.3 Å². The number of aldehydes is 1. The lowest BCUT2D eigenvalue weighted by atomic mass is 10.1. The number of rotatable bonds is 7. The van der Waals surface area contributed by atoms with Crippen molar-refractivity contribution in [2.75, 3.05) is 20.1 Å². The fraction of sp³-hybridized carbons (Fsp3) is 0.235. The minimum atomic E-state index is 0.481. The second kappa shape index (κ2) is 7.46. The van der Waals surface area contributed by atoms with Gasteiger partial charge in [-0.05, 0) is 43.3 Å². The van der Waals surface area contributed by atoms with Crippen molar-refractivity contribution in [3.8, 4) is 11.5 Å². The molecule has 0 saturated heterocycles. The smallest absolute Gasteiger partial charge is 0.133 e. The molecule has 0 spiro atoms. The van der Waals surface area contributed by atoms with Gasteiger partial charge in [-0.3, -0.25) is 4.90 Å². The Balaban J connectivity index is 1.88.